The van der Waals surface area contributed by atoms with E-state index in [2.05, 4.69) is 14.9 Å². The molecular weight excluding hydrogens is 302 g/mol. The zero-order chi connectivity index (χ0) is 15.5. The molecule has 1 atom stereocenters. The summed E-state index contributed by atoms with van der Waals surface area (Å²) >= 11 is 1.08. The number of carbonyl (C=O) groups excluding carboxylic acids is 1. The molecule has 0 saturated carbocycles. The van der Waals surface area contributed by atoms with Crippen molar-refractivity contribution in [2.45, 2.75) is 13.0 Å². The minimum Gasteiger partial charge on any atom is -0.458 e. The van der Waals surface area contributed by atoms with Gasteiger partial charge in [0, 0.05) is 12.5 Å². The lowest BCUT2D eigenvalue weighted by atomic mass is 10.2. The second-order valence-electron chi connectivity index (χ2n) is 4.81. The van der Waals surface area contributed by atoms with Crippen LogP contribution in [0.5, 0.6) is 0 Å². The second-order valence-corrected chi connectivity index (χ2v) is 5.56. The van der Waals surface area contributed by atoms with Crippen LogP contribution in [-0.4, -0.2) is 29.1 Å². The summed E-state index contributed by atoms with van der Waals surface area (Å²) in [7, 11) is 1.59. The number of hydrogen-bond acceptors (Lipinski definition) is 6. The molecule has 3 aromatic rings. The molecular formula is C15H15N3O3S. The summed E-state index contributed by atoms with van der Waals surface area (Å²) in [6.07, 6.45) is -0.350. The molecule has 2 heterocycles. The lowest BCUT2D eigenvalue weighted by molar-refractivity contribution is 0.0748. The molecule has 0 saturated heterocycles. The number of para-hydroxylation sites is 1. The summed E-state index contributed by atoms with van der Waals surface area (Å²) in [6.45, 7) is 2.07. The van der Waals surface area contributed by atoms with E-state index in [9.17, 15) is 4.79 Å². The Kier molecular flexibility index (Phi) is 4.17. The highest BCUT2D eigenvalue weighted by atomic mass is 32.1. The third-order valence-electron chi connectivity index (χ3n) is 3.35. The zero-order valence-corrected chi connectivity index (χ0v) is 13.0. The first-order chi connectivity index (χ1) is 10.7. The van der Waals surface area contributed by atoms with E-state index in [1.807, 2.05) is 30.3 Å². The van der Waals surface area contributed by atoms with Crippen molar-refractivity contribution in [1.82, 2.24) is 14.9 Å². The molecule has 0 unspecified atom stereocenters. The average molecular weight is 317 g/mol. The van der Waals surface area contributed by atoms with Gasteiger partial charge in [0.05, 0.1) is 12.2 Å². The summed E-state index contributed by atoms with van der Waals surface area (Å²) < 4.78 is 15.0. The quantitative estimate of drug-likeness (QED) is 0.783. The van der Waals surface area contributed by atoms with Gasteiger partial charge in [-0.15, -0.1) is 5.10 Å². The third kappa shape index (κ3) is 2.86. The van der Waals surface area contributed by atoms with Crippen LogP contribution in [0.4, 0.5) is 0 Å². The van der Waals surface area contributed by atoms with Gasteiger partial charge >= 0.3 is 0 Å². The third-order valence-corrected chi connectivity index (χ3v) is 4.18. The lowest BCUT2D eigenvalue weighted by Crippen LogP contribution is -2.28. The predicted molar refractivity (Wildman–Crippen MR) is 82.9 cm³/mol. The van der Waals surface area contributed by atoms with Gasteiger partial charge in [-0.2, -0.15) is 0 Å². The topological polar surface area (TPSA) is 77.2 Å². The molecule has 1 aromatic carbocycles. The Morgan fingerprint density at radius 3 is 2.95 bits per heavy atom. The van der Waals surface area contributed by atoms with Crippen LogP contribution in [0.3, 0.4) is 0 Å². The molecule has 0 radical (unpaired) electrons. The van der Waals surface area contributed by atoms with Gasteiger partial charge in [-0.05, 0) is 30.6 Å². The Bertz CT molecular complexity index is 763. The molecule has 6 nitrogen and oxygen atoms in total. The van der Waals surface area contributed by atoms with E-state index in [-0.39, 0.29) is 12.0 Å². The van der Waals surface area contributed by atoms with E-state index in [1.165, 1.54) is 0 Å². The molecule has 1 amide bonds. The van der Waals surface area contributed by atoms with Gasteiger partial charge in [0.15, 0.2) is 0 Å². The number of furan rings is 1. The number of aryl methyl sites for hydroxylation is 1. The van der Waals surface area contributed by atoms with Crippen molar-refractivity contribution in [2.75, 3.05) is 13.7 Å². The first kappa shape index (κ1) is 14.7. The number of aromatic nitrogens is 2. The number of carbonyl (C=O) groups is 1. The van der Waals surface area contributed by atoms with Gasteiger partial charge in [0.1, 0.15) is 22.3 Å². The monoisotopic (exact) mass is 317 g/mol. The fourth-order valence-corrected chi connectivity index (χ4v) is 2.74. The van der Waals surface area contributed by atoms with E-state index in [0.717, 1.165) is 22.5 Å². The molecule has 0 fully saturated rings. The molecule has 0 aliphatic rings. The molecule has 7 heteroatoms. The summed E-state index contributed by atoms with van der Waals surface area (Å²) in [6, 6.07) is 9.66. The number of hydrogen-bond donors (Lipinski definition) is 1. The Morgan fingerprint density at radius 1 is 1.45 bits per heavy atom. The molecule has 2 aromatic heterocycles. The van der Waals surface area contributed by atoms with Crippen molar-refractivity contribution in [1.29, 1.82) is 0 Å². The van der Waals surface area contributed by atoms with Gasteiger partial charge in [-0.1, -0.05) is 22.7 Å². The van der Waals surface area contributed by atoms with Crippen molar-refractivity contribution in [3.8, 4) is 0 Å². The van der Waals surface area contributed by atoms with Crippen LogP contribution in [0.15, 0.2) is 34.7 Å². The standard InChI is InChI=1S/C15H15N3O3S/c1-9-14(22-18-17-9)15(19)16-8-13(20-2)12-7-10-5-3-4-6-11(10)21-12/h3-7,13H,8H2,1-2H3,(H,16,19)/t13-/m0/s1. The van der Waals surface area contributed by atoms with E-state index < -0.39 is 0 Å². The SMILES string of the molecule is CO[C@@H](CNC(=O)c1snnc1C)c1cc2ccccc2o1. The highest BCUT2D eigenvalue weighted by Crippen LogP contribution is 2.25. The fraction of sp³-hybridized carbons (Fsp3) is 0.267. The number of fused-ring (bicyclic) bond motifs is 1. The van der Waals surface area contributed by atoms with Crippen LogP contribution in [0.25, 0.3) is 11.0 Å². The minimum atomic E-state index is -0.350. The van der Waals surface area contributed by atoms with Gasteiger partial charge in [-0.3, -0.25) is 4.79 Å². The normalized spacial score (nSPS) is 12.5. The van der Waals surface area contributed by atoms with Gasteiger partial charge in [0.2, 0.25) is 0 Å². The Morgan fingerprint density at radius 2 is 2.27 bits per heavy atom. The van der Waals surface area contributed by atoms with E-state index in [4.69, 9.17) is 9.15 Å². The average Bonchev–Trinajstić information content (AvgIpc) is 3.13. The van der Waals surface area contributed by atoms with Crippen molar-refractivity contribution < 1.29 is 13.9 Å². The number of benzene rings is 1. The molecule has 3 rings (SSSR count). The second kappa shape index (κ2) is 6.25. The van der Waals surface area contributed by atoms with Crippen LogP contribution in [0, 0.1) is 6.92 Å². The number of methoxy groups -OCH3 is 1. The van der Waals surface area contributed by atoms with E-state index in [1.54, 1.807) is 14.0 Å². The maximum atomic E-state index is 12.1. The van der Waals surface area contributed by atoms with Gasteiger partial charge in [0.25, 0.3) is 5.91 Å². The van der Waals surface area contributed by atoms with Crippen molar-refractivity contribution in [3.63, 3.8) is 0 Å². The molecule has 0 spiro atoms. The van der Waals surface area contributed by atoms with Crippen molar-refractivity contribution in [3.05, 3.63) is 46.7 Å². The maximum Gasteiger partial charge on any atom is 0.265 e. The Balaban J connectivity index is 1.72. The van der Waals surface area contributed by atoms with Crippen molar-refractivity contribution in [2.24, 2.45) is 0 Å². The highest BCUT2D eigenvalue weighted by molar-refractivity contribution is 7.07. The van der Waals surface area contributed by atoms with E-state index in [0.29, 0.717) is 22.9 Å². The molecule has 1 N–H and O–H groups in total. The van der Waals surface area contributed by atoms with Crippen LogP contribution >= 0.6 is 11.5 Å². The van der Waals surface area contributed by atoms with Crippen LogP contribution < -0.4 is 5.32 Å². The molecule has 0 bridgehead atoms. The molecule has 0 aliphatic heterocycles. The fourth-order valence-electron chi connectivity index (χ4n) is 2.17. The zero-order valence-electron chi connectivity index (χ0n) is 12.2. The molecule has 114 valence electrons. The smallest absolute Gasteiger partial charge is 0.265 e. The van der Waals surface area contributed by atoms with E-state index >= 15 is 0 Å². The molecule has 0 aliphatic carbocycles. The van der Waals surface area contributed by atoms with Crippen LogP contribution in [-0.2, 0) is 4.74 Å². The lowest BCUT2D eigenvalue weighted by Gasteiger charge is -2.13. The summed E-state index contributed by atoms with van der Waals surface area (Å²) in [4.78, 5) is 12.6. The largest absolute Gasteiger partial charge is 0.458 e. The van der Waals surface area contributed by atoms with Crippen LogP contribution in [0.2, 0.25) is 0 Å². The van der Waals surface area contributed by atoms with Crippen molar-refractivity contribution >= 4 is 28.4 Å². The first-order valence-corrected chi connectivity index (χ1v) is 7.55. The number of nitrogens with one attached hydrogen (secondary N) is 1. The maximum absolute atomic E-state index is 12.1. The molecule has 22 heavy (non-hydrogen) atoms. The predicted octanol–water partition coefficient (Wildman–Crippen LogP) is 2.71. The number of ether oxygens (including phenoxy) is 1. The summed E-state index contributed by atoms with van der Waals surface area (Å²) in [5.74, 6) is 0.480. The number of amides is 1. The van der Waals surface area contributed by atoms with Crippen LogP contribution in [0.1, 0.15) is 27.2 Å². The summed E-state index contributed by atoms with van der Waals surface area (Å²) in [5.41, 5.74) is 1.42. The number of nitrogens with zero attached hydrogens (tertiary/aromatic N) is 2. The van der Waals surface area contributed by atoms with Gasteiger partial charge in [-0.25, -0.2) is 0 Å². The Hall–Kier alpha value is -2.25. The Labute approximate surface area is 131 Å². The van der Waals surface area contributed by atoms with Gasteiger partial charge < -0.3 is 14.5 Å². The summed E-state index contributed by atoms with van der Waals surface area (Å²) in [5, 5.41) is 7.66. The number of rotatable bonds is 5. The highest BCUT2D eigenvalue weighted by Gasteiger charge is 2.19. The first-order valence-electron chi connectivity index (χ1n) is 6.77. The minimum absolute atomic E-state index is 0.203.